The Labute approximate surface area is 86.4 Å². The van der Waals surface area contributed by atoms with Crippen molar-refractivity contribution < 1.29 is 13.5 Å². The van der Waals surface area contributed by atoms with Crippen LogP contribution >= 0.6 is 0 Å². The van der Waals surface area contributed by atoms with E-state index < -0.39 is 15.9 Å². The highest BCUT2D eigenvalue weighted by atomic mass is 32.2. The fraction of sp³-hybridized carbons (Fsp3) is 1.00. The molecule has 0 radical (unpaired) electrons. The highest BCUT2D eigenvalue weighted by Gasteiger charge is 2.32. The van der Waals surface area contributed by atoms with Gasteiger partial charge in [-0.05, 0) is 31.1 Å². The summed E-state index contributed by atoms with van der Waals surface area (Å²) < 4.78 is 22.3. The topological polar surface area (TPSA) is 54.4 Å². The summed E-state index contributed by atoms with van der Waals surface area (Å²) in [4.78, 5) is 0. The summed E-state index contributed by atoms with van der Waals surface area (Å²) in [5.74, 6) is 1.00. The molecule has 2 atom stereocenters. The molecule has 0 aromatic carbocycles. The Morgan fingerprint density at radius 3 is 2.43 bits per heavy atom. The third-order valence-electron chi connectivity index (χ3n) is 2.85. The Balaban J connectivity index is 2.36. The van der Waals surface area contributed by atoms with Gasteiger partial charge in [-0.2, -0.15) is 0 Å². The lowest BCUT2D eigenvalue weighted by molar-refractivity contribution is 0.104. The van der Waals surface area contributed by atoms with Crippen LogP contribution in [0.25, 0.3) is 0 Å². The van der Waals surface area contributed by atoms with Crippen molar-refractivity contribution in [3.63, 3.8) is 0 Å². The third-order valence-corrected chi connectivity index (χ3v) is 4.65. The van der Waals surface area contributed by atoms with Crippen molar-refractivity contribution >= 4 is 9.84 Å². The Morgan fingerprint density at radius 2 is 2.00 bits per heavy atom. The molecule has 3 nitrogen and oxygen atoms in total. The maximum Gasteiger partial charge on any atom is 0.150 e. The molecule has 1 saturated heterocycles. The van der Waals surface area contributed by atoms with E-state index in [1.165, 1.54) is 0 Å². The van der Waals surface area contributed by atoms with Crippen LogP contribution in [0.15, 0.2) is 0 Å². The Bertz CT molecular complexity index is 269. The monoisotopic (exact) mass is 220 g/mol. The van der Waals surface area contributed by atoms with Crippen LogP contribution in [-0.4, -0.2) is 31.1 Å². The largest absolute Gasteiger partial charge is 0.393 e. The minimum Gasteiger partial charge on any atom is -0.393 e. The molecule has 0 saturated carbocycles. The van der Waals surface area contributed by atoms with E-state index in [0.29, 0.717) is 12.3 Å². The van der Waals surface area contributed by atoms with Gasteiger partial charge in [-0.25, -0.2) is 8.42 Å². The number of aliphatic hydroxyl groups is 1. The molecule has 0 spiro atoms. The minimum atomic E-state index is -2.84. The number of sulfone groups is 1. The van der Waals surface area contributed by atoms with Gasteiger partial charge in [-0.3, -0.25) is 0 Å². The van der Waals surface area contributed by atoms with Gasteiger partial charge in [0.25, 0.3) is 0 Å². The van der Waals surface area contributed by atoms with E-state index >= 15 is 0 Å². The summed E-state index contributed by atoms with van der Waals surface area (Å²) in [5, 5.41) is 9.77. The lowest BCUT2D eigenvalue weighted by Crippen LogP contribution is -2.22. The molecule has 1 aliphatic rings. The molecule has 1 N–H and O–H groups in total. The van der Waals surface area contributed by atoms with Crippen LogP contribution in [0.2, 0.25) is 0 Å². The van der Waals surface area contributed by atoms with E-state index in [1.54, 1.807) is 0 Å². The van der Waals surface area contributed by atoms with E-state index in [9.17, 15) is 13.5 Å². The molecule has 1 heterocycles. The van der Waals surface area contributed by atoms with E-state index in [0.717, 1.165) is 12.8 Å². The summed E-state index contributed by atoms with van der Waals surface area (Å²) in [6.45, 7) is 4.22. The number of hydrogen-bond acceptors (Lipinski definition) is 3. The lowest BCUT2D eigenvalue weighted by Gasteiger charge is -2.17. The van der Waals surface area contributed by atoms with Crippen molar-refractivity contribution in [2.75, 3.05) is 11.5 Å². The predicted octanol–water partition coefficient (Wildman–Crippen LogP) is 1.22. The first kappa shape index (κ1) is 12.0. The third kappa shape index (κ3) is 3.58. The Kier molecular flexibility index (Phi) is 3.95. The maximum absolute atomic E-state index is 11.2. The first-order valence-corrected chi connectivity index (χ1v) is 7.11. The quantitative estimate of drug-likeness (QED) is 0.775. The normalized spacial score (nSPS) is 28.1. The van der Waals surface area contributed by atoms with E-state index in [-0.39, 0.29) is 17.4 Å². The van der Waals surface area contributed by atoms with Crippen LogP contribution < -0.4 is 0 Å². The molecular weight excluding hydrogens is 200 g/mol. The average Bonchev–Trinajstić information content (AvgIpc) is 2.41. The van der Waals surface area contributed by atoms with Crippen LogP contribution in [-0.2, 0) is 9.84 Å². The predicted molar refractivity (Wildman–Crippen MR) is 56.8 cm³/mol. The van der Waals surface area contributed by atoms with Gasteiger partial charge in [-0.15, -0.1) is 0 Å². The zero-order chi connectivity index (χ0) is 10.8. The maximum atomic E-state index is 11.2. The molecule has 1 fully saturated rings. The average molecular weight is 220 g/mol. The molecule has 1 rings (SSSR count). The summed E-state index contributed by atoms with van der Waals surface area (Å²) in [7, 11) is -2.84. The van der Waals surface area contributed by atoms with Gasteiger partial charge >= 0.3 is 0 Å². The second kappa shape index (κ2) is 4.62. The zero-order valence-electron chi connectivity index (χ0n) is 8.94. The highest BCUT2D eigenvalue weighted by molar-refractivity contribution is 7.91. The van der Waals surface area contributed by atoms with Gasteiger partial charge in [0.2, 0.25) is 0 Å². The lowest BCUT2D eigenvalue weighted by atomic mass is 9.95. The molecular formula is C10H20O3S. The Hall–Kier alpha value is -0.0900. The summed E-state index contributed by atoms with van der Waals surface area (Å²) >= 11 is 0. The van der Waals surface area contributed by atoms with Crippen LogP contribution in [0, 0.1) is 11.8 Å². The van der Waals surface area contributed by atoms with E-state index in [4.69, 9.17) is 0 Å². The molecule has 0 aromatic heterocycles. The standard InChI is InChI=1S/C10H20O3S/c1-8(2)3-4-10(11)9-5-6-14(12,13)7-9/h8-11H,3-7H2,1-2H3. The van der Waals surface area contributed by atoms with Crippen LogP contribution in [0.4, 0.5) is 0 Å². The minimum absolute atomic E-state index is 0.0150. The van der Waals surface area contributed by atoms with Crippen molar-refractivity contribution in [3.05, 3.63) is 0 Å². The molecule has 1 aliphatic heterocycles. The molecule has 0 amide bonds. The second-order valence-corrected chi connectivity index (χ2v) is 6.93. The van der Waals surface area contributed by atoms with Crippen LogP contribution in [0.3, 0.4) is 0 Å². The van der Waals surface area contributed by atoms with Gasteiger partial charge in [-0.1, -0.05) is 13.8 Å². The van der Waals surface area contributed by atoms with Crippen molar-refractivity contribution in [3.8, 4) is 0 Å². The van der Waals surface area contributed by atoms with Crippen molar-refractivity contribution in [1.29, 1.82) is 0 Å². The second-order valence-electron chi connectivity index (χ2n) is 4.70. The molecule has 84 valence electrons. The van der Waals surface area contributed by atoms with Gasteiger partial charge in [0.05, 0.1) is 17.6 Å². The smallest absolute Gasteiger partial charge is 0.150 e. The van der Waals surface area contributed by atoms with Gasteiger partial charge in [0.15, 0.2) is 9.84 Å². The molecule has 2 unspecified atom stereocenters. The van der Waals surface area contributed by atoms with E-state index in [2.05, 4.69) is 13.8 Å². The first-order valence-electron chi connectivity index (χ1n) is 5.29. The van der Waals surface area contributed by atoms with Crippen LogP contribution in [0.1, 0.15) is 33.1 Å². The van der Waals surface area contributed by atoms with Crippen molar-refractivity contribution in [2.24, 2.45) is 11.8 Å². The summed E-state index contributed by atoms with van der Waals surface area (Å²) in [6.07, 6.45) is 1.92. The van der Waals surface area contributed by atoms with E-state index in [1.807, 2.05) is 0 Å². The van der Waals surface area contributed by atoms with Gasteiger partial charge in [0, 0.05) is 0 Å². The molecule has 0 bridgehead atoms. The Morgan fingerprint density at radius 1 is 1.36 bits per heavy atom. The molecule has 4 heteroatoms. The van der Waals surface area contributed by atoms with Crippen LogP contribution in [0.5, 0.6) is 0 Å². The SMILES string of the molecule is CC(C)CCC(O)C1CCS(=O)(=O)C1. The molecule has 0 aromatic rings. The zero-order valence-corrected chi connectivity index (χ0v) is 9.76. The first-order chi connectivity index (χ1) is 6.41. The number of hydrogen-bond donors (Lipinski definition) is 1. The van der Waals surface area contributed by atoms with Gasteiger partial charge in [0.1, 0.15) is 0 Å². The fourth-order valence-corrected chi connectivity index (χ4v) is 3.74. The molecule has 0 aliphatic carbocycles. The number of aliphatic hydroxyl groups excluding tert-OH is 1. The van der Waals surface area contributed by atoms with Crippen molar-refractivity contribution in [2.45, 2.75) is 39.2 Å². The van der Waals surface area contributed by atoms with Crippen molar-refractivity contribution in [1.82, 2.24) is 0 Å². The summed E-state index contributed by atoms with van der Waals surface area (Å²) in [5.41, 5.74) is 0. The molecule has 14 heavy (non-hydrogen) atoms. The number of rotatable bonds is 4. The fourth-order valence-electron chi connectivity index (χ4n) is 1.87. The highest BCUT2D eigenvalue weighted by Crippen LogP contribution is 2.24. The summed E-state index contributed by atoms with van der Waals surface area (Å²) in [6, 6.07) is 0. The van der Waals surface area contributed by atoms with Gasteiger partial charge < -0.3 is 5.11 Å².